The van der Waals surface area contributed by atoms with Crippen LogP contribution in [0.2, 0.25) is 5.02 Å². The van der Waals surface area contributed by atoms with Crippen LogP contribution in [0.4, 0.5) is 0 Å². The number of aromatic nitrogens is 1. The minimum atomic E-state index is -0.224. The van der Waals surface area contributed by atoms with Crippen molar-refractivity contribution in [3.05, 3.63) is 29.1 Å². The molecule has 1 aromatic heterocycles. The topological polar surface area (TPSA) is 55.6 Å². The molecule has 1 aromatic carbocycles. The highest BCUT2D eigenvalue weighted by molar-refractivity contribution is 6.31. The molecule has 2 aliphatic heterocycles. The number of likely N-dealkylation sites (tertiary alicyclic amines) is 1. The van der Waals surface area contributed by atoms with Crippen LogP contribution >= 0.6 is 11.6 Å². The van der Waals surface area contributed by atoms with E-state index in [-0.39, 0.29) is 17.9 Å². The normalized spacial score (nSPS) is 22.8. The number of benzene rings is 1. The molecule has 1 amide bonds. The van der Waals surface area contributed by atoms with E-state index < -0.39 is 0 Å². The van der Waals surface area contributed by atoms with E-state index in [9.17, 15) is 4.79 Å². The lowest BCUT2D eigenvalue weighted by atomic mass is 9.96. The van der Waals surface area contributed by atoms with Crippen molar-refractivity contribution in [3.8, 4) is 0 Å². The summed E-state index contributed by atoms with van der Waals surface area (Å²) in [5, 5.41) is 0.661. The van der Waals surface area contributed by atoms with Crippen molar-refractivity contribution in [2.75, 3.05) is 19.7 Å². The number of carbonyl (C=O) groups is 1. The van der Waals surface area contributed by atoms with Gasteiger partial charge in [0.1, 0.15) is 11.6 Å². The van der Waals surface area contributed by atoms with Crippen molar-refractivity contribution in [3.63, 3.8) is 0 Å². The fourth-order valence-corrected chi connectivity index (χ4v) is 3.58. The number of rotatable bonds is 2. The largest absolute Gasteiger partial charge is 0.440 e. The Hall–Kier alpha value is -1.59. The van der Waals surface area contributed by atoms with E-state index in [2.05, 4.69) is 4.98 Å². The quantitative estimate of drug-likeness (QED) is 0.845. The van der Waals surface area contributed by atoms with E-state index in [0.29, 0.717) is 11.6 Å². The van der Waals surface area contributed by atoms with Crippen LogP contribution < -0.4 is 0 Å². The third kappa shape index (κ3) is 2.95. The van der Waals surface area contributed by atoms with Crippen molar-refractivity contribution in [2.45, 2.75) is 37.7 Å². The molecular formula is C17H19ClN2O3. The van der Waals surface area contributed by atoms with Crippen molar-refractivity contribution >= 4 is 28.6 Å². The van der Waals surface area contributed by atoms with Gasteiger partial charge in [-0.05, 0) is 43.9 Å². The van der Waals surface area contributed by atoms with E-state index in [1.54, 1.807) is 0 Å². The zero-order chi connectivity index (χ0) is 15.8. The molecule has 0 radical (unpaired) electrons. The highest BCUT2D eigenvalue weighted by Crippen LogP contribution is 2.31. The number of hydrogen-bond acceptors (Lipinski definition) is 4. The molecule has 0 unspecified atom stereocenters. The molecule has 4 rings (SSSR count). The summed E-state index contributed by atoms with van der Waals surface area (Å²) < 4.78 is 11.4. The smallest absolute Gasteiger partial charge is 0.251 e. The Morgan fingerprint density at radius 1 is 1.26 bits per heavy atom. The maximum absolute atomic E-state index is 12.4. The lowest BCUT2D eigenvalue weighted by molar-refractivity contribution is -0.142. The standard InChI is InChI=1S/C17H19ClN2O3/c18-12-3-4-14-13(10-12)19-16(23-14)11-5-7-20(8-6-11)17(21)15-2-1-9-22-15/h3-4,10-11,15H,1-2,5-9H2/t15-/m0/s1. The summed E-state index contributed by atoms with van der Waals surface area (Å²) in [4.78, 5) is 18.9. The van der Waals surface area contributed by atoms with Gasteiger partial charge in [0, 0.05) is 30.6 Å². The number of ether oxygens (including phenoxy) is 1. The number of amides is 1. The predicted octanol–water partition coefficient (Wildman–Crippen LogP) is 3.37. The summed E-state index contributed by atoms with van der Waals surface area (Å²) in [6.45, 7) is 2.18. The van der Waals surface area contributed by atoms with Crippen LogP contribution in [0.1, 0.15) is 37.5 Å². The van der Waals surface area contributed by atoms with Crippen LogP contribution in [0.15, 0.2) is 22.6 Å². The Balaban J connectivity index is 1.43. The first kappa shape index (κ1) is 15.0. The number of carbonyl (C=O) groups excluding carboxylic acids is 1. The molecule has 122 valence electrons. The first-order chi connectivity index (χ1) is 11.2. The highest BCUT2D eigenvalue weighted by atomic mass is 35.5. The van der Waals surface area contributed by atoms with Crippen LogP contribution in [-0.2, 0) is 9.53 Å². The number of oxazole rings is 1. The Morgan fingerprint density at radius 2 is 2.09 bits per heavy atom. The van der Waals surface area contributed by atoms with Gasteiger partial charge in [-0.3, -0.25) is 4.79 Å². The molecule has 0 N–H and O–H groups in total. The minimum Gasteiger partial charge on any atom is -0.440 e. The number of hydrogen-bond donors (Lipinski definition) is 0. The minimum absolute atomic E-state index is 0.144. The lowest BCUT2D eigenvalue weighted by Gasteiger charge is -2.32. The van der Waals surface area contributed by atoms with Gasteiger partial charge in [-0.2, -0.15) is 0 Å². The summed E-state index contributed by atoms with van der Waals surface area (Å²) >= 11 is 5.99. The molecule has 2 aliphatic rings. The fourth-order valence-electron chi connectivity index (χ4n) is 3.42. The van der Waals surface area contributed by atoms with Gasteiger partial charge >= 0.3 is 0 Å². The zero-order valence-electron chi connectivity index (χ0n) is 12.8. The molecule has 5 nitrogen and oxygen atoms in total. The van der Waals surface area contributed by atoms with Crippen LogP contribution in [0.25, 0.3) is 11.1 Å². The predicted molar refractivity (Wildman–Crippen MR) is 86.5 cm³/mol. The van der Waals surface area contributed by atoms with Crippen molar-refractivity contribution < 1.29 is 13.9 Å². The van der Waals surface area contributed by atoms with Gasteiger partial charge in [0.25, 0.3) is 5.91 Å². The molecule has 3 heterocycles. The maximum Gasteiger partial charge on any atom is 0.251 e. The molecule has 2 fully saturated rings. The van der Waals surface area contributed by atoms with Crippen molar-refractivity contribution in [1.29, 1.82) is 0 Å². The second kappa shape index (κ2) is 6.13. The van der Waals surface area contributed by atoms with Crippen molar-refractivity contribution in [1.82, 2.24) is 9.88 Å². The zero-order valence-corrected chi connectivity index (χ0v) is 13.6. The van der Waals surface area contributed by atoms with Gasteiger partial charge in [0.05, 0.1) is 0 Å². The highest BCUT2D eigenvalue weighted by Gasteiger charge is 2.32. The monoisotopic (exact) mass is 334 g/mol. The van der Waals surface area contributed by atoms with Crippen LogP contribution in [0, 0.1) is 0 Å². The SMILES string of the molecule is O=C([C@@H]1CCCO1)N1CCC(c2nc3cc(Cl)ccc3o2)CC1. The number of piperidine rings is 1. The molecule has 0 spiro atoms. The second-order valence-electron chi connectivity index (χ2n) is 6.27. The van der Waals surface area contributed by atoms with Gasteiger partial charge in [-0.1, -0.05) is 11.6 Å². The number of nitrogens with zero attached hydrogens (tertiary/aromatic N) is 2. The van der Waals surface area contributed by atoms with E-state index in [4.69, 9.17) is 20.8 Å². The van der Waals surface area contributed by atoms with E-state index in [1.807, 2.05) is 23.1 Å². The summed E-state index contributed by atoms with van der Waals surface area (Å²) in [7, 11) is 0. The van der Waals surface area contributed by atoms with Crippen molar-refractivity contribution in [2.24, 2.45) is 0 Å². The van der Waals surface area contributed by atoms with E-state index >= 15 is 0 Å². The Morgan fingerprint density at radius 3 is 2.83 bits per heavy atom. The molecule has 6 heteroatoms. The van der Waals surface area contributed by atoms with Crippen LogP contribution in [-0.4, -0.2) is 41.6 Å². The molecule has 0 saturated carbocycles. The van der Waals surface area contributed by atoms with Crippen LogP contribution in [0.5, 0.6) is 0 Å². The number of halogens is 1. The maximum atomic E-state index is 12.4. The van der Waals surface area contributed by atoms with E-state index in [0.717, 1.165) is 55.8 Å². The van der Waals surface area contributed by atoms with Gasteiger partial charge in [-0.15, -0.1) is 0 Å². The van der Waals surface area contributed by atoms with Gasteiger partial charge < -0.3 is 14.1 Å². The summed E-state index contributed by atoms with van der Waals surface area (Å²) in [6.07, 6.45) is 3.36. The molecule has 0 bridgehead atoms. The first-order valence-electron chi connectivity index (χ1n) is 8.17. The van der Waals surface area contributed by atoms with Gasteiger partial charge in [-0.25, -0.2) is 4.98 Å². The first-order valence-corrected chi connectivity index (χ1v) is 8.55. The number of fused-ring (bicyclic) bond motifs is 1. The van der Waals surface area contributed by atoms with Gasteiger partial charge in [0.2, 0.25) is 0 Å². The molecule has 23 heavy (non-hydrogen) atoms. The van der Waals surface area contributed by atoms with Gasteiger partial charge in [0.15, 0.2) is 11.5 Å². The lowest BCUT2D eigenvalue weighted by Crippen LogP contribution is -2.43. The Bertz CT molecular complexity index is 716. The Kier molecular flexibility index (Phi) is 3.99. The average molecular weight is 335 g/mol. The second-order valence-corrected chi connectivity index (χ2v) is 6.70. The molecule has 2 aromatic rings. The van der Waals surface area contributed by atoms with Crippen LogP contribution in [0.3, 0.4) is 0 Å². The fraction of sp³-hybridized carbons (Fsp3) is 0.529. The summed E-state index contributed by atoms with van der Waals surface area (Å²) in [6, 6.07) is 5.48. The summed E-state index contributed by atoms with van der Waals surface area (Å²) in [5.74, 6) is 1.16. The Labute approximate surface area is 139 Å². The summed E-state index contributed by atoms with van der Waals surface area (Å²) in [5.41, 5.74) is 1.56. The third-order valence-electron chi connectivity index (χ3n) is 4.73. The molecule has 0 aliphatic carbocycles. The average Bonchev–Trinajstić information content (AvgIpc) is 3.23. The third-order valence-corrected chi connectivity index (χ3v) is 4.96. The molecule has 2 saturated heterocycles. The molecule has 1 atom stereocenters. The van der Waals surface area contributed by atoms with E-state index in [1.165, 1.54) is 0 Å². The molecular weight excluding hydrogens is 316 g/mol.